The van der Waals surface area contributed by atoms with Crippen molar-refractivity contribution in [3.05, 3.63) is 42.1 Å². The first kappa shape index (κ1) is 17.3. The molecule has 0 aliphatic carbocycles. The van der Waals surface area contributed by atoms with E-state index >= 15 is 0 Å². The number of carbonyl (C=O) groups excluding carboxylic acids is 1. The molecule has 2 rings (SSSR count). The van der Waals surface area contributed by atoms with E-state index in [2.05, 4.69) is 17.2 Å². The van der Waals surface area contributed by atoms with E-state index in [9.17, 15) is 4.79 Å². The molecule has 0 spiro atoms. The van der Waals surface area contributed by atoms with Gasteiger partial charge >= 0.3 is 5.97 Å². The Morgan fingerprint density at radius 1 is 1.39 bits per heavy atom. The number of benzene rings is 1. The molecule has 2 unspecified atom stereocenters. The molecule has 0 amide bonds. The Morgan fingerprint density at radius 3 is 2.74 bits per heavy atom. The number of ether oxygens (including phenoxy) is 2. The van der Waals surface area contributed by atoms with Crippen molar-refractivity contribution in [3.8, 4) is 5.75 Å². The Hall–Kier alpha value is -2.08. The normalized spacial score (nSPS) is 20.7. The lowest BCUT2D eigenvalue weighted by molar-refractivity contribution is -0.147. The van der Waals surface area contributed by atoms with Gasteiger partial charge in [0.25, 0.3) is 0 Å². The summed E-state index contributed by atoms with van der Waals surface area (Å²) in [7, 11) is 0. The van der Waals surface area contributed by atoms with Crippen LogP contribution in [0.1, 0.15) is 32.4 Å². The summed E-state index contributed by atoms with van der Waals surface area (Å²) in [5, 5.41) is 6.49. The summed E-state index contributed by atoms with van der Waals surface area (Å²) in [5.41, 5.74) is 1.38. The van der Waals surface area contributed by atoms with Gasteiger partial charge in [0.15, 0.2) is 5.11 Å². The third-order valence-corrected chi connectivity index (χ3v) is 3.65. The highest BCUT2D eigenvalue weighted by atomic mass is 32.1. The third-order valence-electron chi connectivity index (χ3n) is 3.43. The first-order valence-electron chi connectivity index (χ1n) is 7.62. The van der Waals surface area contributed by atoms with Crippen molar-refractivity contribution in [2.24, 2.45) is 5.92 Å². The second kappa shape index (κ2) is 7.46. The number of para-hydroxylation sites is 1. The fourth-order valence-electron chi connectivity index (χ4n) is 2.55. The summed E-state index contributed by atoms with van der Waals surface area (Å²) in [6, 6.07) is 7.22. The minimum absolute atomic E-state index is 0.0223. The highest BCUT2D eigenvalue weighted by Crippen LogP contribution is 2.35. The lowest BCUT2D eigenvalue weighted by Gasteiger charge is -2.35. The third kappa shape index (κ3) is 4.01. The molecule has 0 radical (unpaired) electrons. The maximum atomic E-state index is 12.4. The highest BCUT2D eigenvalue weighted by Gasteiger charge is 2.39. The van der Waals surface area contributed by atoms with E-state index in [4.69, 9.17) is 21.7 Å². The van der Waals surface area contributed by atoms with Gasteiger partial charge in [-0.3, -0.25) is 4.79 Å². The number of esters is 1. The predicted molar refractivity (Wildman–Crippen MR) is 93.1 cm³/mol. The second-order valence-electron chi connectivity index (χ2n) is 5.54. The van der Waals surface area contributed by atoms with E-state index in [1.54, 1.807) is 6.92 Å². The average molecular weight is 334 g/mol. The highest BCUT2D eigenvalue weighted by molar-refractivity contribution is 7.80. The van der Waals surface area contributed by atoms with Gasteiger partial charge in [-0.2, -0.15) is 0 Å². The molecule has 0 bridgehead atoms. The van der Waals surface area contributed by atoms with Crippen molar-refractivity contribution < 1.29 is 14.3 Å². The van der Waals surface area contributed by atoms with Crippen molar-refractivity contribution in [3.63, 3.8) is 0 Å². The summed E-state index contributed by atoms with van der Waals surface area (Å²) in [6.07, 6.45) is 0.0223. The monoisotopic (exact) mass is 334 g/mol. The molecule has 23 heavy (non-hydrogen) atoms. The zero-order chi connectivity index (χ0) is 17.0. The number of nitrogens with one attached hydrogen (secondary N) is 2. The molecule has 0 saturated carbocycles. The Kier molecular flexibility index (Phi) is 5.60. The molecule has 6 heteroatoms. The molecule has 1 aliphatic heterocycles. The van der Waals surface area contributed by atoms with Crippen LogP contribution < -0.4 is 15.4 Å². The van der Waals surface area contributed by atoms with Gasteiger partial charge in [0, 0.05) is 11.3 Å². The molecule has 2 atom stereocenters. The van der Waals surface area contributed by atoms with E-state index in [0.717, 1.165) is 5.56 Å². The molecule has 1 aliphatic rings. The quantitative estimate of drug-likeness (QED) is 0.638. The van der Waals surface area contributed by atoms with E-state index in [1.165, 1.54) is 0 Å². The molecule has 1 aromatic carbocycles. The number of rotatable bonds is 5. The lowest BCUT2D eigenvalue weighted by Crippen LogP contribution is -2.51. The van der Waals surface area contributed by atoms with Crippen LogP contribution in [0.4, 0.5) is 0 Å². The van der Waals surface area contributed by atoms with Crippen LogP contribution in [0.5, 0.6) is 5.75 Å². The summed E-state index contributed by atoms with van der Waals surface area (Å²) < 4.78 is 11.1. The van der Waals surface area contributed by atoms with Gasteiger partial charge in [-0.05, 0) is 39.1 Å². The zero-order valence-corrected chi connectivity index (χ0v) is 14.4. The Labute approximate surface area is 142 Å². The van der Waals surface area contributed by atoms with Crippen molar-refractivity contribution in [2.45, 2.75) is 32.9 Å². The fraction of sp³-hybridized carbons (Fsp3) is 0.412. The smallest absolute Gasteiger partial charge is 0.317 e. The van der Waals surface area contributed by atoms with Crippen LogP contribution in [0.2, 0.25) is 0 Å². The van der Waals surface area contributed by atoms with Crippen LogP contribution in [0.15, 0.2) is 36.5 Å². The second-order valence-corrected chi connectivity index (χ2v) is 5.94. The van der Waals surface area contributed by atoms with Gasteiger partial charge in [0.1, 0.15) is 11.7 Å². The Morgan fingerprint density at radius 2 is 2.09 bits per heavy atom. The lowest BCUT2D eigenvalue weighted by atomic mass is 9.88. The first-order valence-corrected chi connectivity index (χ1v) is 8.03. The molecule has 1 aromatic rings. The molecule has 0 aromatic heterocycles. The van der Waals surface area contributed by atoms with Crippen LogP contribution in [0.3, 0.4) is 0 Å². The predicted octanol–water partition coefficient (Wildman–Crippen LogP) is 2.69. The maximum Gasteiger partial charge on any atom is 0.317 e. The number of carbonyl (C=O) groups is 1. The Bertz CT molecular complexity index is 616. The molecular formula is C17H22N2O3S. The molecular weight excluding hydrogens is 312 g/mol. The minimum Gasteiger partial charge on any atom is -0.491 e. The van der Waals surface area contributed by atoms with Crippen molar-refractivity contribution >= 4 is 23.3 Å². The standard InChI is InChI=1S/C17H22N2O3S/c1-5-21-16(20)14-11(4)18-17(23)19-15(14)12-8-6-7-9-13(12)22-10(2)3/h6-10,14-15H,4-5H2,1-3H3,(H2,18,19,23). The van der Waals surface area contributed by atoms with Gasteiger partial charge in [0.05, 0.1) is 18.8 Å². The van der Waals surface area contributed by atoms with E-state index < -0.39 is 5.92 Å². The van der Waals surface area contributed by atoms with Crippen LogP contribution in [0, 0.1) is 5.92 Å². The summed E-state index contributed by atoms with van der Waals surface area (Å²) in [4.78, 5) is 12.4. The van der Waals surface area contributed by atoms with Crippen LogP contribution in [0.25, 0.3) is 0 Å². The SMILES string of the molecule is C=C1NC(=S)NC(c2ccccc2OC(C)C)C1C(=O)OCC. The van der Waals surface area contributed by atoms with Gasteiger partial charge in [0.2, 0.25) is 0 Å². The van der Waals surface area contributed by atoms with Crippen molar-refractivity contribution in [2.75, 3.05) is 6.61 Å². The van der Waals surface area contributed by atoms with Gasteiger partial charge in [-0.25, -0.2) is 0 Å². The van der Waals surface area contributed by atoms with Gasteiger partial charge in [-0.1, -0.05) is 24.8 Å². The summed E-state index contributed by atoms with van der Waals surface area (Å²) in [6.45, 7) is 9.94. The zero-order valence-electron chi connectivity index (χ0n) is 13.6. The minimum atomic E-state index is -0.585. The van der Waals surface area contributed by atoms with Gasteiger partial charge in [-0.15, -0.1) is 0 Å². The molecule has 1 fully saturated rings. The first-order chi connectivity index (χ1) is 10.9. The molecule has 1 heterocycles. The topological polar surface area (TPSA) is 59.6 Å². The molecule has 2 N–H and O–H groups in total. The number of hydrogen-bond donors (Lipinski definition) is 2. The maximum absolute atomic E-state index is 12.4. The molecule has 5 nitrogen and oxygen atoms in total. The van der Waals surface area contributed by atoms with Crippen molar-refractivity contribution in [1.82, 2.24) is 10.6 Å². The van der Waals surface area contributed by atoms with E-state index in [0.29, 0.717) is 23.2 Å². The summed E-state index contributed by atoms with van der Waals surface area (Å²) in [5.74, 6) is -0.213. The van der Waals surface area contributed by atoms with Crippen molar-refractivity contribution in [1.29, 1.82) is 0 Å². The van der Waals surface area contributed by atoms with Crippen LogP contribution >= 0.6 is 12.2 Å². The largest absolute Gasteiger partial charge is 0.491 e. The molecule has 1 saturated heterocycles. The average Bonchev–Trinajstić information content (AvgIpc) is 2.46. The van der Waals surface area contributed by atoms with E-state index in [-0.39, 0.29) is 18.1 Å². The fourth-order valence-corrected chi connectivity index (χ4v) is 2.81. The number of hydrogen-bond acceptors (Lipinski definition) is 4. The number of thiocarbonyl (C=S) groups is 1. The van der Waals surface area contributed by atoms with Crippen LogP contribution in [-0.2, 0) is 9.53 Å². The summed E-state index contributed by atoms with van der Waals surface area (Å²) >= 11 is 5.22. The molecule has 124 valence electrons. The van der Waals surface area contributed by atoms with Crippen LogP contribution in [-0.4, -0.2) is 23.8 Å². The van der Waals surface area contributed by atoms with Gasteiger partial charge < -0.3 is 20.1 Å². The Balaban J connectivity index is 2.42. The van der Waals surface area contributed by atoms with E-state index in [1.807, 2.05) is 38.1 Å².